The van der Waals surface area contributed by atoms with Gasteiger partial charge in [0.25, 0.3) is 0 Å². The lowest BCUT2D eigenvalue weighted by Crippen LogP contribution is -2.48. The highest BCUT2D eigenvalue weighted by Gasteiger charge is 2.31. The number of rotatable bonds is 9. The van der Waals surface area contributed by atoms with Crippen molar-refractivity contribution in [1.29, 1.82) is 0 Å². The minimum Gasteiger partial charge on any atom is -0.444 e. The third-order valence-corrected chi connectivity index (χ3v) is 4.70. The molecule has 2 rings (SSSR count). The van der Waals surface area contributed by atoms with Gasteiger partial charge in [-0.25, -0.2) is 4.79 Å². The van der Waals surface area contributed by atoms with Crippen LogP contribution in [0.15, 0.2) is 48.5 Å². The van der Waals surface area contributed by atoms with E-state index in [0.717, 1.165) is 29.5 Å². The highest BCUT2D eigenvalue weighted by Crippen LogP contribution is 2.26. The molecule has 9 heteroatoms. The highest BCUT2D eigenvalue weighted by molar-refractivity contribution is 5.85. The Morgan fingerprint density at radius 2 is 1.50 bits per heavy atom. The molecule has 0 aliphatic carbocycles. The molecule has 0 fully saturated rings. The van der Waals surface area contributed by atoms with Gasteiger partial charge in [-0.1, -0.05) is 56.2 Å². The Morgan fingerprint density at radius 1 is 0.941 bits per heavy atom. The van der Waals surface area contributed by atoms with Gasteiger partial charge in [-0.2, -0.15) is 0 Å². The topological polar surface area (TPSA) is 76.7 Å². The minimum atomic E-state index is -4.73. The summed E-state index contributed by atoms with van der Waals surface area (Å²) in [5.41, 5.74) is 1.71. The second kappa shape index (κ2) is 11.8. The molecule has 2 aromatic carbocycles. The lowest BCUT2D eigenvalue weighted by molar-refractivity contribution is -0.274. The fraction of sp³-hybridized carbons (Fsp3) is 0.440. The zero-order chi connectivity index (χ0) is 25.4. The number of nitrogens with one attached hydrogen (secondary N) is 2. The summed E-state index contributed by atoms with van der Waals surface area (Å²) < 4.78 is 46.0. The van der Waals surface area contributed by atoms with E-state index in [0.29, 0.717) is 6.42 Å². The molecule has 0 saturated carbocycles. The van der Waals surface area contributed by atoms with Crippen LogP contribution in [0.3, 0.4) is 0 Å². The molecule has 0 aliphatic rings. The smallest absolute Gasteiger partial charge is 0.444 e. The fourth-order valence-corrected chi connectivity index (χ4v) is 3.10. The largest absolute Gasteiger partial charge is 0.573 e. The molecule has 0 heterocycles. The molecule has 2 N–H and O–H groups in total. The van der Waals surface area contributed by atoms with Gasteiger partial charge in [0.05, 0.1) is 0 Å². The molecule has 0 radical (unpaired) electrons. The molecular formula is C25H31F3N2O4. The van der Waals surface area contributed by atoms with E-state index in [1.165, 1.54) is 12.1 Å². The van der Waals surface area contributed by atoms with E-state index >= 15 is 0 Å². The number of hydrogen-bond donors (Lipinski definition) is 2. The van der Waals surface area contributed by atoms with Crippen molar-refractivity contribution in [3.63, 3.8) is 0 Å². The van der Waals surface area contributed by atoms with Crippen molar-refractivity contribution in [2.45, 2.75) is 71.5 Å². The highest BCUT2D eigenvalue weighted by atomic mass is 19.4. The number of carbonyl (C=O) groups excluding carboxylic acids is 2. The maximum Gasteiger partial charge on any atom is 0.573 e. The van der Waals surface area contributed by atoms with Crippen molar-refractivity contribution in [1.82, 2.24) is 10.6 Å². The maximum atomic E-state index is 12.7. The molecule has 186 valence electrons. The summed E-state index contributed by atoms with van der Waals surface area (Å²) in [5, 5.41) is 5.47. The van der Waals surface area contributed by atoms with Crippen molar-refractivity contribution in [3.05, 3.63) is 54.1 Å². The summed E-state index contributed by atoms with van der Waals surface area (Å²) in [6.45, 7) is 7.52. The number of alkyl halides is 3. The molecule has 1 atom stereocenters. The van der Waals surface area contributed by atoms with E-state index in [2.05, 4.69) is 15.4 Å². The molecule has 0 aliphatic heterocycles. The van der Waals surface area contributed by atoms with Crippen molar-refractivity contribution in [3.8, 4) is 16.9 Å². The molecule has 0 spiro atoms. The molecule has 0 aromatic heterocycles. The van der Waals surface area contributed by atoms with E-state index in [1.807, 2.05) is 31.2 Å². The molecule has 2 aromatic rings. The van der Waals surface area contributed by atoms with Crippen molar-refractivity contribution < 1.29 is 32.2 Å². The molecular weight excluding hydrogens is 449 g/mol. The molecule has 6 nitrogen and oxygen atoms in total. The van der Waals surface area contributed by atoms with Gasteiger partial charge in [0.1, 0.15) is 17.4 Å². The van der Waals surface area contributed by atoms with E-state index in [4.69, 9.17) is 4.74 Å². The van der Waals surface area contributed by atoms with Gasteiger partial charge in [-0.15, -0.1) is 13.2 Å². The van der Waals surface area contributed by atoms with E-state index in [1.54, 1.807) is 32.9 Å². The van der Waals surface area contributed by atoms with Gasteiger partial charge in [0.2, 0.25) is 5.91 Å². The number of hydrogen-bond acceptors (Lipinski definition) is 4. The predicted molar refractivity (Wildman–Crippen MR) is 123 cm³/mol. The van der Waals surface area contributed by atoms with Gasteiger partial charge in [0, 0.05) is 6.54 Å². The third-order valence-electron chi connectivity index (χ3n) is 4.70. The van der Waals surface area contributed by atoms with Crippen LogP contribution in [0.25, 0.3) is 11.1 Å². The van der Waals surface area contributed by atoms with Crippen LogP contribution in [0.4, 0.5) is 18.0 Å². The summed E-state index contributed by atoms with van der Waals surface area (Å²) in [4.78, 5) is 24.8. The quantitative estimate of drug-likeness (QED) is 0.465. The minimum absolute atomic E-state index is 0.260. The first kappa shape index (κ1) is 27.0. The van der Waals surface area contributed by atoms with Crippen LogP contribution >= 0.6 is 0 Å². The summed E-state index contributed by atoms with van der Waals surface area (Å²) in [5.74, 6) is -0.586. The SMILES string of the molecule is CCCC[C@H](NC(=O)OC(C)(C)C)C(=O)NCc1ccc(-c2ccc(OC(F)(F)F)cc2)cc1. The van der Waals surface area contributed by atoms with Crippen molar-refractivity contribution in [2.75, 3.05) is 0 Å². The van der Waals surface area contributed by atoms with Gasteiger partial charge in [0.15, 0.2) is 0 Å². The van der Waals surface area contributed by atoms with Gasteiger partial charge in [-0.05, 0) is 56.0 Å². The number of benzene rings is 2. The standard InChI is InChI=1S/C25H31F3N2O4/c1-5-6-7-21(30-23(32)34-24(2,3)4)22(31)29-16-17-8-10-18(11-9-17)19-12-14-20(15-13-19)33-25(26,27)28/h8-15,21H,5-7,16H2,1-4H3,(H,29,31)(H,30,32)/t21-/m0/s1. The number of ether oxygens (including phenoxy) is 2. The van der Waals surface area contributed by atoms with Crippen LogP contribution in [0.2, 0.25) is 0 Å². The summed E-state index contributed by atoms with van der Waals surface area (Å²) in [6, 6.07) is 12.2. The Hall–Kier alpha value is -3.23. The van der Waals surface area contributed by atoms with E-state index in [-0.39, 0.29) is 18.2 Å². The maximum absolute atomic E-state index is 12.7. The van der Waals surface area contributed by atoms with Gasteiger partial charge < -0.3 is 20.1 Å². The Balaban J connectivity index is 1.95. The Kier molecular flexibility index (Phi) is 9.35. The zero-order valence-electron chi connectivity index (χ0n) is 19.8. The average Bonchev–Trinajstić information content (AvgIpc) is 2.73. The van der Waals surface area contributed by atoms with Crippen LogP contribution in [0.1, 0.15) is 52.5 Å². The van der Waals surface area contributed by atoms with Gasteiger partial charge >= 0.3 is 12.5 Å². The fourth-order valence-electron chi connectivity index (χ4n) is 3.10. The number of carbonyl (C=O) groups is 2. The number of alkyl carbamates (subject to hydrolysis) is 1. The van der Waals surface area contributed by atoms with Crippen LogP contribution in [-0.2, 0) is 16.1 Å². The molecule has 2 amide bonds. The second-order valence-corrected chi connectivity index (χ2v) is 8.83. The molecule has 34 heavy (non-hydrogen) atoms. The summed E-state index contributed by atoms with van der Waals surface area (Å²) in [7, 11) is 0. The van der Waals surface area contributed by atoms with Crippen LogP contribution in [-0.4, -0.2) is 30.0 Å². The number of halogens is 3. The zero-order valence-corrected chi connectivity index (χ0v) is 19.8. The molecule has 0 bridgehead atoms. The lowest BCUT2D eigenvalue weighted by Gasteiger charge is -2.23. The third kappa shape index (κ3) is 9.72. The van der Waals surface area contributed by atoms with Crippen LogP contribution in [0.5, 0.6) is 5.75 Å². The van der Waals surface area contributed by atoms with Gasteiger partial charge in [-0.3, -0.25) is 4.79 Å². The lowest BCUT2D eigenvalue weighted by atomic mass is 10.0. The average molecular weight is 481 g/mol. The Labute approximate surface area is 197 Å². The Morgan fingerprint density at radius 3 is 2.00 bits per heavy atom. The summed E-state index contributed by atoms with van der Waals surface area (Å²) >= 11 is 0. The predicted octanol–water partition coefficient (Wildman–Crippen LogP) is 5.95. The normalized spacial score (nSPS) is 12.6. The molecule has 0 unspecified atom stereocenters. The molecule has 0 saturated heterocycles. The van der Waals surface area contributed by atoms with E-state index < -0.39 is 24.1 Å². The first-order valence-electron chi connectivity index (χ1n) is 11.1. The first-order valence-corrected chi connectivity index (χ1v) is 11.1. The van der Waals surface area contributed by atoms with Crippen molar-refractivity contribution in [2.24, 2.45) is 0 Å². The summed E-state index contributed by atoms with van der Waals surface area (Å²) in [6.07, 6.45) is -3.22. The number of unbranched alkanes of at least 4 members (excludes halogenated alkanes) is 1. The van der Waals surface area contributed by atoms with Crippen molar-refractivity contribution >= 4 is 12.0 Å². The monoisotopic (exact) mass is 480 g/mol. The first-order chi connectivity index (χ1) is 15.9. The Bertz CT molecular complexity index is 937. The second-order valence-electron chi connectivity index (χ2n) is 8.83. The number of amides is 2. The van der Waals surface area contributed by atoms with Crippen LogP contribution < -0.4 is 15.4 Å². The van der Waals surface area contributed by atoms with E-state index in [9.17, 15) is 22.8 Å². The van der Waals surface area contributed by atoms with Crippen LogP contribution in [0, 0.1) is 0 Å².